The number of carbonyl (C=O) groups excluding carboxylic acids is 1. The molecule has 1 aromatic heterocycles. The van der Waals surface area contributed by atoms with Crippen LogP contribution in [0.3, 0.4) is 0 Å². The molecule has 7 nitrogen and oxygen atoms in total. The van der Waals surface area contributed by atoms with Crippen LogP contribution in [0.5, 0.6) is 5.75 Å². The van der Waals surface area contributed by atoms with Gasteiger partial charge in [0.1, 0.15) is 23.4 Å². The van der Waals surface area contributed by atoms with Gasteiger partial charge in [0.05, 0.1) is 6.54 Å². The van der Waals surface area contributed by atoms with Gasteiger partial charge in [-0.3, -0.25) is 19.7 Å². The molecule has 212 valence electrons. The molecule has 1 saturated heterocycles. The van der Waals surface area contributed by atoms with Crippen LogP contribution in [-0.2, 0) is 0 Å². The number of alkyl halides is 6. The van der Waals surface area contributed by atoms with Crippen molar-refractivity contribution in [3.8, 4) is 16.3 Å². The van der Waals surface area contributed by atoms with Crippen LogP contribution in [0, 0.1) is 6.92 Å². The SMILES string of the molecule is C=N/C=C(\C=NCC(F)(F)F)CNC(=O)c1cc(OC2CCN(CC(F)(F)F)CC2)cc(-c2ncc(C)s2)c1. The minimum atomic E-state index is -4.47. The molecule has 1 fully saturated rings. The normalized spacial score (nSPS) is 16.0. The van der Waals surface area contributed by atoms with Crippen LogP contribution in [0.1, 0.15) is 28.1 Å². The molecular formula is C25H27F6N5O2S. The number of likely N-dealkylation sites (tertiary alicyclic amines) is 1. The zero-order valence-corrected chi connectivity index (χ0v) is 21.8. The molecule has 0 unspecified atom stereocenters. The first-order chi connectivity index (χ1) is 18.3. The van der Waals surface area contributed by atoms with Crippen molar-refractivity contribution in [1.29, 1.82) is 0 Å². The minimum Gasteiger partial charge on any atom is -0.490 e. The Labute approximate surface area is 225 Å². The Bertz CT molecular complexity index is 1200. The molecule has 0 bridgehead atoms. The summed E-state index contributed by atoms with van der Waals surface area (Å²) in [5.41, 5.74) is 1.03. The highest BCUT2D eigenvalue weighted by Gasteiger charge is 2.33. The highest BCUT2D eigenvalue weighted by Crippen LogP contribution is 2.31. The first-order valence-corrected chi connectivity index (χ1v) is 12.7. The molecule has 0 saturated carbocycles. The van der Waals surface area contributed by atoms with Crippen molar-refractivity contribution >= 4 is 30.2 Å². The number of nitrogens with zero attached hydrogens (tertiary/aromatic N) is 4. The average Bonchev–Trinajstić information content (AvgIpc) is 3.28. The second-order valence-electron chi connectivity index (χ2n) is 8.88. The summed E-state index contributed by atoms with van der Waals surface area (Å²) in [6, 6.07) is 4.83. The van der Waals surface area contributed by atoms with Crippen LogP contribution in [0.25, 0.3) is 10.6 Å². The fourth-order valence-corrected chi connectivity index (χ4v) is 4.59. The van der Waals surface area contributed by atoms with E-state index in [-0.39, 0.29) is 36.9 Å². The molecule has 1 N–H and O–H groups in total. The number of ether oxygens (including phenoxy) is 1. The summed E-state index contributed by atoms with van der Waals surface area (Å²) in [6.07, 6.45) is -4.45. The number of benzene rings is 1. The van der Waals surface area contributed by atoms with E-state index >= 15 is 0 Å². The number of rotatable bonds is 10. The molecule has 39 heavy (non-hydrogen) atoms. The number of nitrogens with one attached hydrogen (secondary N) is 1. The van der Waals surface area contributed by atoms with Gasteiger partial charge in [-0.2, -0.15) is 26.3 Å². The molecule has 2 heterocycles. The fourth-order valence-electron chi connectivity index (χ4n) is 3.83. The Kier molecular flexibility index (Phi) is 10.2. The summed E-state index contributed by atoms with van der Waals surface area (Å²) < 4.78 is 81.3. The molecular weight excluding hydrogens is 548 g/mol. The number of aromatic nitrogens is 1. The van der Waals surface area contributed by atoms with Gasteiger partial charge in [-0.05, 0) is 44.7 Å². The third-order valence-electron chi connectivity index (χ3n) is 5.52. The van der Waals surface area contributed by atoms with Crippen LogP contribution in [-0.4, -0.2) is 79.9 Å². The summed E-state index contributed by atoms with van der Waals surface area (Å²) in [5.74, 6) is -0.177. The number of hydrogen-bond acceptors (Lipinski definition) is 7. The third-order valence-corrected chi connectivity index (χ3v) is 6.48. The molecule has 0 atom stereocenters. The van der Waals surface area contributed by atoms with Gasteiger partial charge in [0.25, 0.3) is 5.91 Å². The van der Waals surface area contributed by atoms with Gasteiger partial charge >= 0.3 is 12.4 Å². The van der Waals surface area contributed by atoms with E-state index in [0.717, 1.165) is 11.1 Å². The van der Waals surface area contributed by atoms with Gasteiger partial charge in [0, 0.05) is 59.8 Å². The predicted octanol–water partition coefficient (Wildman–Crippen LogP) is 5.47. The standard InChI is InChI=1S/C25H27F6N5O2S/c1-16-10-35-23(39-16)19-7-18(22(37)34-13-17(11-32-2)12-33-14-24(26,27)28)8-21(9-19)38-20-3-5-36(6-4-20)15-25(29,30)31/h7-12,20H,2-6,13-15H2,1H3,(H,34,37)/b17-11+,33-12?. The highest BCUT2D eigenvalue weighted by atomic mass is 32.1. The van der Waals surface area contributed by atoms with Gasteiger partial charge in [-0.25, -0.2) is 4.98 Å². The Hall–Kier alpha value is -3.26. The second-order valence-corrected chi connectivity index (χ2v) is 10.1. The monoisotopic (exact) mass is 575 g/mol. The van der Waals surface area contributed by atoms with Crippen LogP contribution in [0.15, 0.2) is 46.2 Å². The van der Waals surface area contributed by atoms with E-state index in [0.29, 0.717) is 29.2 Å². The Morgan fingerprint density at radius 2 is 1.92 bits per heavy atom. The van der Waals surface area contributed by atoms with E-state index in [1.807, 2.05) is 6.92 Å². The first kappa shape index (κ1) is 30.3. The summed E-state index contributed by atoms with van der Waals surface area (Å²) in [6.45, 7) is 3.11. The number of aryl methyl sites for hydroxylation is 1. The molecule has 1 aliphatic rings. The summed E-state index contributed by atoms with van der Waals surface area (Å²) in [5, 5.41) is 3.26. The van der Waals surface area contributed by atoms with E-state index in [1.54, 1.807) is 18.3 Å². The quantitative estimate of drug-likeness (QED) is 0.301. The fraction of sp³-hybridized carbons (Fsp3) is 0.440. The van der Waals surface area contributed by atoms with E-state index in [2.05, 4.69) is 27.0 Å². The number of hydrogen-bond donors (Lipinski definition) is 1. The van der Waals surface area contributed by atoms with Crippen LogP contribution in [0.4, 0.5) is 26.3 Å². The average molecular weight is 576 g/mol. The minimum absolute atomic E-state index is 0.159. The zero-order chi connectivity index (χ0) is 28.6. The van der Waals surface area contributed by atoms with Crippen molar-refractivity contribution in [3.63, 3.8) is 0 Å². The first-order valence-electron chi connectivity index (χ1n) is 11.8. The molecule has 0 spiro atoms. The number of piperidine rings is 1. The van der Waals surface area contributed by atoms with E-state index in [9.17, 15) is 31.1 Å². The lowest BCUT2D eigenvalue weighted by atomic mass is 10.1. The Morgan fingerprint density at radius 3 is 2.51 bits per heavy atom. The molecule has 0 aliphatic carbocycles. The molecule has 14 heteroatoms. The second kappa shape index (κ2) is 13.2. The van der Waals surface area contributed by atoms with Crippen LogP contribution >= 0.6 is 11.3 Å². The van der Waals surface area contributed by atoms with Gasteiger partial charge in [0.15, 0.2) is 0 Å². The highest BCUT2D eigenvalue weighted by molar-refractivity contribution is 7.14. The van der Waals surface area contributed by atoms with E-state index in [1.165, 1.54) is 28.5 Å². The predicted molar refractivity (Wildman–Crippen MR) is 138 cm³/mol. The number of thiazole rings is 1. The lowest BCUT2D eigenvalue weighted by Crippen LogP contribution is -2.42. The van der Waals surface area contributed by atoms with Crippen LogP contribution in [0.2, 0.25) is 0 Å². The molecule has 2 aromatic rings. The lowest BCUT2D eigenvalue weighted by molar-refractivity contribution is -0.149. The number of carbonyl (C=O) groups is 1. The van der Waals surface area contributed by atoms with E-state index < -0.39 is 31.3 Å². The maximum atomic E-state index is 13.0. The van der Waals surface area contributed by atoms with Crippen molar-refractivity contribution in [3.05, 3.63) is 46.6 Å². The van der Waals surface area contributed by atoms with Crippen molar-refractivity contribution in [1.82, 2.24) is 15.2 Å². The largest absolute Gasteiger partial charge is 0.490 e. The zero-order valence-electron chi connectivity index (χ0n) is 21.0. The van der Waals surface area contributed by atoms with Crippen molar-refractivity contribution in [2.45, 2.75) is 38.2 Å². The third kappa shape index (κ3) is 10.4. The number of halogens is 6. The maximum Gasteiger partial charge on any atom is 0.407 e. The maximum absolute atomic E-state index is 13.0. The van der Waals surface area contributed by atoms with Gasteiger partial charge < -0.3 is 10.1 Å². The molecule has 1 aliphatic heterocycles. The van der Waals surface area contributed by atoms with Gasteiger partial charge in [-0.1, -0.05) is 0 Å². The molecule has 1 amide bonds. The van der Waals surface area contributed by atoms with Crippen molar-refractivity contribution in [2.75, 3.05) is 32.7 Å². The van der Waals surface area contributed by atoms with Gasteiger partial charge in [0.2, 0.25) is 0 Å². The van der Waals surface area contributed by atoms with Crippen molar-refractivity contribution < 1.29 is 35.9 Å². The summed E-state index contributed by atoms with van der Waals surface area (Å²) in [4.78, 5) is 26.5. The van der Waals surface area contributed by atoms with Crippen molar-refractivity contribution in [2.24, 2.45) is 9.98 Å². The smallest absolute Gasteiger partial charge is 0.407 e. The Balaban J connectivity index is 1.74. The number of amides is 1. The molecule has 1 aromatic carbocycles. The Morgan fingerprint density at radius 1 is 1.21 bits per heavy atom. The topological polar surface area (TPSA) is 79.2 Å². The molecule has 0 radical (unpaired) electrons. The van der Waals surface area contributed by atoms with Crippen LogP contribution < -0.4 is 10.1 Å². The summed E-state index contributed by atoms with van der Waals surface area (Å²) in [7, 11) is 0. The number of aliphatic imine (C=N–C) groups is 2. The summed E-state index contributed by atoms with van der Waals surface area (Å²) >= 11 is 1.41. The van der Waals surface area contributed by atoms with Gasteiger partial charge in [-0.15, -0.1) is 11.3 Å². The molecule has 3 rings (SSSR count). The van der Waals surface area contributed by atoms with E-state index in [4.69, 9.17) is 4.74 Å². The lowest BCUT2D eigenvalue weighted by Gasteiger charge is -2.32.